The number of amides is 1. The molecule has 0 atom stereocenters. The number of hydrogen-bond donors (Lipinski definition) is 0. The van der Waals surface area contributed by atoms with Gasteiger partial charge in [0.2, 0.25) is 0 Å². The van der Waals surface area contributed by atoms with Gasteiger partial charge in [-0.15, -0.1) is 0 Å². The molecule has 3 nitrogen and oxygen atoms in total. The highest BCUT2D eigenvalue weighted by molar-refractivity contribution is 6.32. The third-order valence-electron chi connectivity index (χ3n) is 3.16. The van der Waals surface area contributed by atoms with Crippen LogP contribution in [0.5, 0.6) is 0 Å². The van der Waals surface area contributed by atoms with E-state index in [1.165, 1.54) is 6.42 Å². The Morgan fingerprint density at radius 1 is 1.29 bits per heavy atom. The zero-order valence-electron chi connectivity index (χ0n) is 10.3. The third-order valence-corrected chi connectivity index (χ3v) is 3.43. The van der Waals surface area contributed by atoms with E-state index >= 15 is 0 Å². The molecule has 2 heterocycles. The van der Waals surface area contributed by atoms with Crippen molar-refractivity contribution in [2.45, 2.75) is 33.1 Å². The van der Waals surface area contributed by atoms with Gasteiger partial charge < -0.3 is 4.90 Å². The number of carbonyl (C=O) groups is 1. The fourth-order valence-corrected chi connectivity index (χ4v) is 2.67. The molecule has 1 aliphatic heterocycles. The van der Waals surface area contributed by atoms with E-state index in [2.05, 4.69) is 4.98 Å². The van der Waals surface area contributed by atoms with Gasteiger partial charge in [0.25, 0.3) is 5.91 Å². The second-order valence-electron chi connectivity index (χ2n) is 4.60. The number of piperidine rings is 1. The van der Waals surface area contributed by atoms with Crippen molar-refractivity contribution < 1.29 is 4.79 Å². The lowest BCUT2D eigenvalue weighted by Crippen LogP contribution is -2.36. The molecule has 92 valence electrons. The van der Waals surface area contributed by atoms with E-state index in [4.69, 9.17) is 11.6 Å². The number of halogens is 1. The van der Waals surface area contributed by atoms with E-state index in [1.807, 2.05) is 24.8 Å². The second-order valence-corrected chi connectivity index (χ2v) is 4.96. The van der Waals surface area contributed by atoms with Crippen LogP contribution in [0.4, 0.5) is 0 Å². The van der Waals surface area contributed by atoms with Gasteiger partial charge in [-0.2, -0.15) is 0 Å². The Labute approximate surface area is 107 Å². The van der Waals surface area contributed by atoms with Gasteiger partial charge in [-0.3, -0.25) is 4.79 Å². The minimum atomic E-state index is 0.0275. The Hall–Kier alpha value is -1.09. The van der Waals surface area contributed by atoms with E-state index in [9.17, 15) is 4.79 Å². The predicted molar refractivity (Wildman–Crippen MR) is 68.5 cm³/mol. The van der Waals surface area contributed by atoms with Crippen molar-refractivity contribution in [2.75, 3.05) is 13.1 Å². The molecule has 1 fully saturated rings. The number of aryl methyl sites for hydroxylation is 2. The Bertz CT molecular complexity index is 416. The van der Waals surface area contributed by atoms with Crippen LogP contribution in [0, 0.1) is 13.8 Å². The van der Waals surface area contributed by atoms with Crippen LogP contribution in [0.15, 0.2) is 6.07 Å². The summed E-state index contributed by atoms with van der Waals surface area (Å²) < 4.78 is 0. The number of pyridine rings is 1. The maximum absolute atomic E-state index is 12.4. The SMILES string of the molecule is Cc1cc(C)c(C(=O)N2CCCCC2)c(Cl)n1. The summed E-state index contributed by atoms with van der Waals surface area (Å²) in [6.45, 7) is 5.47. The monoisotopic (exact) mass is 252 g/mol. The lowest BCUT2D eigenvalue weighted by atomic mass is 10.1. The first kappa shape index (κ1) is 12.4. The maximum atomic E-state index is 12.4. The highest BCUT2D eigenvalue weighted by Crippen LogP contribution is 2.22. The van der Waals surface area contributed by atoms with Crippen LogP contribution in [0.25, 0.3) is 0 Å². The molecule has 0 saturated carbocycles. The molecule has 1 aliphatic rings. The molecule has 0 aromatic carbocycles. The molecular formula is C13H17ClN2O. The third kappa shape index (κ3) is 2.60. The number of aromatic nitrogens is 1. The summed E-state index contributed by atoms with van der Waals surface area (Å²) >= 11 is 6.09. The maximum Gasteiger partial charge on any atom is 0.257 e. The summed E-state index contributed by atoms with van der Waals surface area (Å²) in [5, 5.41) is 0.332. The van der Waals surface area contributed by atoms with E-state index < -0.39 is 0 Å². The molecule has 0 bridgehead atoms. The lowest BCUT2D eigenvalue weighted by molar-refractivity contribution is 0.0723. The topological polar surface area (TPSA) is 33.2 Å². The molecule has 0 aliphatic carbocycles. The van der Waals surface area contributed by atoms with Gasteiger partial charge >= 0.3 is 0 Å². The number of rotatable bonds is 1. The summed E-state index contributed by atoms with van der Waals surface area (Å²) in [6, 6.07) is 1.91. The molecule has 1 saturated heterocycles. The van der Waals surface area contributed by atoms with E-state index in [-0.39, 0.29) is 5.91 Å². The zero-order chi connectivity index (χ0) is 12.4. The molecule has 0 unspecified atom stereocenters. The summed E-state index contributed by atoms with van der Waals surface area (Å²) in [5.74, 6) is 0.0275. The fraction of sp³-hybridized carbons (Fsp3) is 0.538. The summed E-state index contributed by atoms with van der Waals surface area (Å²) in [5.41, 5.74) is 2.33. The quantitative estimate of drug-likeness (QED) is 0.720. The Kier molecular flexibility index (Phi) is 3.67. The molecule has 2 rings (SSSR count). The van der Waals surface area contributed by atoms with Crippen molar-refractivity contribution >= 4 is 17.5 Å². The summed E-state index contributed by atoms with van der Waals surface area (Å²) in [6.07, 6.45) is 3.38. The first-order valence-electron chi connectivity index (χ1n) is 6.02. The Morgan fingerprint density at radius 2 is 1.94 bits per heavy atom. The van der Waals surface area contributed by atoms with E-state index in [0.717, 1.165) is 37.2 Å². The molecule has 1 aromatic rings. The Morgan fingerprint density at radius 3 is 2.53 bits per heavy atom. The van der Waals surface area contributed by atoms with Gasteiger partial charge in [0, 0.05) is 18.8 Å². The highest BCUT2D eigenvalue weighted by Gasteiger charge is 2.22. The predicted octanol–water partition coefficient (Wildman–Crippen LogP) is 2.98. The molecule has 0 N–H and O–H groups in total. The van der Waals surface area contributed by atoms with Gasteiger partial charge in [0.15, 0.2) is 0 Å². The van der Waals surface area contributed by atoms with Crippen molar-refractivity contribution in [1.82, 2.24) is 9.88 Å². The highest BCUT2D eigenvalue weighted by atomic mass is 35.5. The largest absolute Gasteiger partial charge is 0.339 e. The lowest BCUT2D eigenvalue weighted by Gasteiger charge is -2.27. The second kappa shape index (κ2) is 5.05. The minimum absolute atomic E-state index is 0.0275. The van der Waals surface area contributed by atoms with Crippen LogP contribution in [-0.4, -0.2) is 28.9 Å². The molecule has 1 amide bonds. The average molecular weight is 253 g/mol. The van der Waals surface area contributed by atoms with Gasteiger partial charge in [-0.1, -0.05) is 11.6 Å². The van der Waals surface area contributed by atoms with Crippen LogP contribution < -0.4 is 0 Å². The van der Waals surface area contributed by atoms with Crippen LogP contribution in [0.3, 0.4) is 0 Å². The molecule has 0 spiro atoms. The summed E-state index contributed by atoms with van der Waals surface area (Å²) in [4.78, 5) is 18.4. The minimum Gasteiger partial charge on any atom is -0.339 e. The first-order chi connectivity index (χ1) is 8.09. The van der Waals surface area contributed by atoms with Crippen molar-refractivity contribution in [2.24, 2.45) is 0 Å². The van der Waals surface area contributed by atoms with Crippen molar-refractivity contribution in [3.8, 4) is 0 Å². The molecular weight excluding hydrogens is 236 g/mol. The molecule has 17 heavy (non-hydrogen) atoms. The van der Waals surface area contributed by atoms with Gasteiger partial charge in [0.05, 0.1) is 5.56 Å². The number of likely N-dealkylation sites (tertiary alicyclic amines) is 1. The van der Waals surface area contributed by atoms with Gasteiger partial charge in [-0.05, 0) is 44.7 Å². The van der Waals surface area contributed by atoms with E-state index in [1.54, 1.807) is 0 Å². The van der Waals surface area contributed by atoms with Crippen LogP contribution in [0.1, 0.15) is 40.9 Å². The summed E-state index contributed by atoms with van der Waals surface area (Å²) in [7, 11) is 0. The smallest absolute Gasteiger partial charge is 0.257 e. The molecule has 0 radical (unpaired) electrons. The van der Waals surface area contributed by atoms with Gasteiger partial charge in [0.1, 0.15) is 5.15 Å². The number of carbonyl (C=O) groups excluding carboxylic acids is 1. The number of nitrogens with zero attached hydrogens (tertiary/aromatic N) is 2. The van der Waals surface area contributed by atoms with Crippen LogP contribution in [0.2, 0.25) is 5.15 Å². The van der Waals surface area contributed by atoms with Crippen LogP contribution in [-0.2, 0) is 0 Å². The Balaban J connectivity index is 2.30. The van der Waals surface area contributed by atoms with Crippen molar-refractivity contribution in [3.05, 3.63) is 28.0 Å². The fourth-order valence-electron chi connectivity index (χ4n) is 2.30. The molecule has 1 aromatic heterocycles. The van der Waals surface area contributed by atoms with Crippen LogP contribution >= 0.6 is 11.6 Å². The first-order valence-corrected chi connectivity index (χ1v) is 6.40. The number of hydrogen-bond acceptors (Lipinski definition) is 2. The van der Waals surface area contributed by atoms with Crippen molar-refractivity contribution in [3.63, 3.8) is 0 Å². The zero-order valence-corrected chi connectivity index (χ0v) is 11.0. The van der Waals surface area contributed by atoms with Gasteiger partial charge in [-0.25, -0.2) is 4.98 Å². The van der Waals surface area contributed by atoms with Crippen molar-refractivity contribution in [1.29, 1.82) is 0 Å². The standard InChI is InChI=1S/C13H17ClN2O/c1-9-8-10(2)15-12(14)11(9)13(17)16-6-4-3-5-7-16/h8H,3-7H2,1-2H3. The van der Waals surface area contributed by atoms with E-state index in [0.29, 0.717) is 10.7 Å². The normalized spacial score (nSPS) is 16.1. The molecule has 4 heteroatoms. The average Bonchev–Trinajstić information content (AvgIpc) is 2.28.